The molecule has 0 amide bonds. The predicted octanol–water partition coefficient (Wildman–Crippen LogP) is 0.849. The summed E-state index contributed by atoms with van der Waals surface area (Å²) in [5, 5.41) is 0. The average Bonchev–Trinajstić information content (AvgIpc) is 2.35. The molecule has 1 aromatic rings. The first-order valence-corrected chi connectivity index (χ1v) is 7.37. The molecule has 0 spiro atoms. The zero-order valence-corrected chi connectivity index (χ0v) is 11.5. The number of hydrogen-bond donors (Lipinski definition) is 2. The molecule has 0 aliphatic carbocycles. The van der Waals surface area contributed by atoms with Gasteiger partial charge >= 0.3 is 0 Å². The third kappa shape index (κ3) is 4.06. The second-order valence-corrected chi connectivity index (χ2v) is 5.68. The lowest BCUT2D eigenvalue weighted by Gasteiger charge is -2.15. The summed E-state index contributed by atoms with van der Waals surface area (Å²) in [4.78, 5) is 0.232. The second kappa shape index (κ2) is 6.84. The molecule has 0 aliphatic rings. The van der Waals surface area contributed by atoms with E-state index in [0.717, 1.165) is 0 Å². The van der Waals surface area contributed by atoms with E-state index in [1.807, 2.05) is 6.92 Å². The third-order valence-electron chi connectivity index (χ3n) is 2.41. The Morgan fingerprint density at radius 3 is 2.67 bits per heavy atom. The van der Waals surface area contributed by atoms with Crippen molar-refractivity contribution < 1.29 is 13.2 Å². The number of hydrogen-bond acceptors (Lipinski definition) is 4. The lowest BCUT2D eigenvalue weighted by Crippen LogP contribution is -2.36. The maximum Gasteiger partial charge on any atom is 0.241 e. The molecular formula is C12H20N2O3S. The smallest absolute Gasteiger partial charge is 0.241 e. The van der Waals surface area contributed by atoms with Crippen LogP contribution in [0.5, 0.6) is 0 Å². The SMILES string of the molecule is CCOCC(C)NS(=O)(=O)c1ccccc1CN. The molecule has 1 unspecified atom stereocenters. The average molecular weight is 272 g/mol. The number of nitrogens with one attached hydrogen (secondary N) is 1. The summed E-state index contributed by atoms with van der Waals surface area (Å²) in [6.45, 7) is 4.73. The highest BCUT2D eigenvalue weighted by Crippen LogP contribution is 2.15. The van der Waals surface area contributed by atoms with E-state index in [2.05, 4.69) is 4.72 Å². The molecule has 0 radical (unpaired) electrons. The van der Waals surface area contributed by atoms with Gasteiger partial charge in [-0.05, 0) is 25.5 Å². The fourth-order valence-corrected chi connectivity index (χ4v) is 3.07. The van der Waals surface area contributed by atoms with Crippen molar-refractivity contribution in [3.05, 3.63) is 29.8 Å². The fourth-order valence-electron chi connectivity index (χ4n) is 1.59. The normalized spacial score (nSPS) is 13.5. The monoisotopic (exact) mass is 272 g/mol. The van der Waals surface area contributed by atoms with Crippen molar-refractivity contribution in [1.82, 2.24) is 4.72 Å². The van der Waals surface area contributed by atoms with Crippen molar-refractivity contribution >= 4 is 10.0 Å². The van der Waals surface area contributed by atoms with E-state index in [0.29, 0.717) is 18.8 Å². The molecule has 102 valence electrons. The Hall–Kier alpha value is -0.950. The summed E-state index contributed by atoms with van der Waals surface area (Å²) in [5.41, 5.74) is 6.15. The molecule has 0 saturated carbocycles. The minimum atomic E-state index is -3.54. The van der Waals surface area contributed by atoms with E-state index >= 15 is 0 Å². The van der Waals surface area contributed by atoms with E-state index in [9.17, 15) is 8.42 Å². The van der Waals surface area contributed by atoms with Crippen molar-refractivity contribution in [3.63, 3.8) is 0 Å². The molecule has 18 heavy (non-hydrogen) atoms. The second-order valence-electron chi connectivity index (χ2n) is 3.99. The van der Waals surface area contributed by atoms with Gasteiger partial charge in [0.1, 0.15) is 0 Å². The molecule has 1 aromatic carbocycles. The molecule has 1 rings (SSSR count). The standard InChI is InChI=1S/C12H20N2O3S/c1-3-17-9-10(2)14-18(15,16)12-7-5-4-6-11(12)8-13/h4-7,10,14H,3,8-9,13H2,1-2H3. The van der Waals surface area contributed by atoms with Crippen molar-refractivity contribution in [2.75, 3.05) is 13.2 Å². The maximum absolute atomic E-state index is 12.2. The Balaban J connectivity index is 2.86. The summed E-state index contributed by atoms with van der Waals surface area (Å²) in [7, 11) is -3.54. The molecule has 0 aromatic heterocycles. The summed E-state index contributed by atoms with van der Waals surface area (Å²) in [6, 6.07) is 6.44. The molecule has 5 nitrogen and oxygen atoms in total. The number of nitrogens with two attached hydrogens (primary N) is 1. The van der Waals surface area contributed by atoms with Gasteiger partial charge < -0.3 is 10.5 Å². The molecular weight excluding hydrogens is 252 g/mol. The Morgan fingerprint density at radius 1 is 1.39 bits per heavy atom. The molecule has 0 saturated heterocycles. The minimum Gasteiger partial charge on any atom is -0.380 e. The van der Waals surface area contributed by atoms with Crippen molar-refractivity contribution in [2.24, 2.45) is 5.73 Å². The number of rotatable bonds is 7. The van der Waals surface area contributed by atoms with Gasteiger partial charge in [0.15, 0.2) is 0 Å². The van der Waals surface area contributed by atoms with Crippen LogP contribution in [0, 0.1) is 0 Å². The zero-order valence-electron chi connectivity index (χ0n) is 10.7. The fraction of sp³-hybridized carbons (Fsp3) is 0.500. The van der Waals surface area contributed by atoms with Crippen LogP contribution in [0.4, 0.5) is 0 Å². The van der Waals surface area contributed by atoms with Gasteiger partial charge in [-0.3, -0.25) is 0 Å². The first-order valence-electron chi connectivity index (χ1n) is 5.89. The first kappa shape index (κ1) is 15.1. The topological polar surface area (TPSA) is 81.4 Å². The van der Waals surface area contributed by atoms with E-state index in [1.165, 1.54) is 0 Å². The number of ether oxygens (including phenoxy) is 1. The Labute approximate surface area is 108 Å². The summed E-state index contributed by atoms with van der Waals surface area (Å²) in [6.07, 6.45) is 0. The summed E-state index contributed by atoms with van der Waals surface area (Å²) >= 11 is 0. The number of sulfonamides is 1. The van der Waals surface area contributed by atoms with Crippen molar-refractivity contribution in [2.45, 2.75) is 31.3 Å². The van der Waals surface area contributed by atoms with Gasteiger partial charge in [-0.25, -0.2) is 13.1 Å². The molecule has 0 bridgehead atoms. The molecule has 6 heteroatoms. The van der Waals surface area contributed by atoms with Crippen LogP contribution in [-0.4, -0.2) is 27.7 Å². The van der Waals surface area contributed by atoms with Gasteiger partial charge in [-0.2, -0.15) is 0 Å². The molecule has 0 aliphatic heterocycles. The number of benzene rings is 1. The summed E-state index contributed by atoms with van der Waals surface area (Å²) in [5.74, 6) is 0. The minimum absolute atomic E-state index is 0.191. The third-order valence-corrected chi connectivity index (χ3v) is 4.10. The van der Waals surface area contributed by atoms with Crippen LogP contribution in [0.25, 0.3) is 0 Å². The Kier molecular flexibility index (Phi) is 5.74. The Bertz CT molecular complexity index is 474. The van der Waals surface area contributed by atoms with Crippen LogP contribution >= 0.6 is 0 Å². The predicted molar refractivity (Wildman–Crippen MR) is 70.6 cm³/mol. The zero-order chi connectivity index (χ0) is 13.6. The lowest BCUT2D eigenvalue weighted by molar-refractivity contribution is 0.133. The van der Waals surface area contributed by atoms with Gasteiger partial charge in [-0.1, -0.05) is 18.2 Å². The van der Waals surface area contributed by atoms with Gasteiger partial charge in [0.25, 0.3) is 0 Å². The van der Waals surface area contributed by atoms with Crippen LogP contribution in [0.15, 0.2) is 29.2 Å². The lowest BCUT2D eigenvalue weighted by atomic mass is 10.2. The van der Waals surface area contributed by atoms with Crippen LogP contribution < -0.4 is 10.5 Å². The van der Waals surface area contributed by atoms with Gasteiger partial charge in [0, 0.05) is 19.2 Å². The van der Waals surface area contributed by atoms with Gasteiger partial charge in [-0.15, -0.1) is 0 Å². The van der Waals surface area contributed by atoms with Gasteiger partial charge in [0.05, 0.1) is 11.5 Å². The van der Waals surface area contributed by atoms with Crippen LogP contribution in [-0.2, 0) is 21.3 Å². The van der Waals surface area contributed by atoms with Gasteiger partial charge in [0.2, 0.25) is 10.0 Å². The highest BCUT2D eigenvalue weighted by atomic mass is 32.2. The highest BCUT2D eigenvalue weighted by molar-refractivity contribution is 7.89. The Morgan fingerprint density at radius 2 is 2.06 bits per heavy atom. The first-order chi connectivity index (χ1) is 8.51. The van der Waals surface area contributed by atoms with Crippen molar-refractivity contribution in [1.29, 1.82) is 0 Å². The van der Waals surface area contributed by atoms with Crippen LogP contribution in [0.1, 0.15) is 19.4 Å². The van der Waals surface area contributed by atoms with E-state index < -0.39 is 10.0 Å². The quantitative estimate of drug-likeness (QED) is 0.771. The van der Waals surface area contributed by atoms with Crippen LogP contribution in [0.2, 0.25) is 0 Å². The molecule has 0 fully saturated rings. The van der Waals surface area contributed by atoms with E-state index in [1.54, 1.807) is 31.2 Å². The van der Waals surface area contributed by atoms with E-state index in [4.69, 9.17) is 10.5 Å². The summed E-state index contributed by atoms with van der Waals surface area (Å²) < 4.78 is 32.1. The molecule has 0 heterocycles. The molecule has 3 N–H and O–H groups in total. The highest BCUT2D eigenvalue weighted by Gasteiger charge is 2.19. The molecule has 1 atom stereocenters. The largest absolute Gasteiger partial charge is 0.380 e. The maximum atomic E-state index is 12.2. The van der Waals surface area contributed by atoms with Crippen LogP contribution in [0.3, 0.4) is 0 Å². The van der Waals surface area contributed by atoms with Crippen molar-refractivity contribution in [3.8, 4) is 0 Å². The van der Waals surface area contributed by atoms with E-state index in [-0.39, 0.29) is 17.5 Å².